The second kappa shape index (κ2) is 8.06. The smallest absolute Gasteiger partial charge is 0.316 e. The van der Waals surface area contributed by atoms with E-state index in [1.165, 1.54) is 13.8 Å². The predicted molar refractivity (Wildman–Crippen MR) is 94.9 cm³/mol. The molecule has 142 valence electrons. The van der Waals surface area contributed by atoms with E-state index in [1.807, 2.05) is 6.07 Å². The van der Waals surface area contributed by atoms with Gasteiger partial charge in [-0.25, -0.2) is 9.97 Å². The van der Waals surface area contributed by atoms with Crippen molar-refractivity contribution in [3.63, 3.8) is 0 Å². The van der Waals surface area contributed by atoms with E-state index >= 15 is 0 Å². The molecule has 1 N–H and O–H groups in total. The van der Waals surface area contributed by atoms with Crippen LogP contribution in [0.15, 0.2) is 11.2 Å². The Labute approximate surface area is 160 Å². The van der Waals surface area contributed by atoms with Crippen LogP contribution in [0.2, 0.25) is 0 Å². The monoisotopic (exact) mass is 414 g/mol. The normalized spacial score (nSPS) is 11.1. The summed E-state index contributed by atoms with van der Waals surface area (Å²) in [4.78, 5) is 31.3. The number of aryl methyl sites for hydroxylation is 1. The average Bonchev–Trinajstić information content (AvgIpc) is 2.87. The van der Waals surface area contributed by atoms with Gasteiger partial charge in [0.05, 0.1) is 16.2 Å². The van der Waals surface area contributed by atoms with Crippen LogP contribution in [0.3, 0.4) is 0 Å². The molecule has 0 saturated heterocycles. The second-order valence-corrected chi connectivity index (χ2v) is 7.40. The van der Waals surface area contributed by atoms with E-state index in [1.54, 1.807) is 6.92 Å². The highest BCUT2D eigenvalue weighted by Gasteiger charge is 2.33. The number of aromatic nitrogens is 2. The minimum Gasteiger partial charge on any atom is -0.316 e. The molecular formula is C16H13F3N4O2S2. The van der Waals surface area contributed by atoms with Gasteiger partial charge in [0, 0.05) is 5.69 Å². The molecule has 0 aliphatic heterocycles. The molecule has 2 rings (SSSR count). The third-order valence-corrected chi connectivity index (χ3v) is 5.44. The number of hydrogen-bond donors (Lipinski definition) is 1. The highest BCUT2D eigenvalue weighted by molar-refractivity contribution is 7.99. The molecular weight excluding hydrogens is 401 g/mol. The Bertz CT molecular complexity index is 948. The average molecular weight is 414 g/mol. The summed E-state index contributed by atoms with van der Waals surface area (Å²) in [7, 11) is 0. The number of nitrogens with zero attached hydrogens (tertiary/aromatic N) is 3. The molecule has 6 nitrogen and oxygen atoms in total. The lowest BCUT2D eigenvalue weighted by Crippen LogP contribution is -2.15. The van der Waals surface area contributed by atoms with Gasteiger partial charge in [0.2, 0.25) is 5.91 Å². The number of alkyl halides is 3. The first kappa shape index (κ1) is 20.9. The van der Waals surface area contributed by atoms with Crippen LogP contribution in [0.25, 0.3) is 0 Å². The van der Waals surface area contributed by atoms with Gasteiger partial charge in [0.1, 0.15) is 16.8 Å². The van der Waals surface area contributed by atoms with E-state index in [0.29, 0.717) is 10.4 Å². The summed E-state index contributed by atoms with van der Waals surface area (Å²) in [5.41, 5.74) is -0.277. The molecule has 0 spiro atoms. The number of hydrogen-bond acceptors (Lipinski definition) is 7. The summed E-state index contributed by atoms with van der Waals surface area (Å²) in [6, 6.07) is 2.76. The molecule has 0 aromatic carbocycles. The van der Waals surface area contributed by atoms with Crippen LogP contribution in [0.5, 0.6) is 0 Å². The minimum absolute atomic E-state index is 0.131. The van der Waals surface area contributed by atoms with Crippen LogP contribution >= 0.6 is 23.1 Å². The highest BCUT2D eigenvalue weighted by Crippen LogP contribution is 2.33. The first-order chi connectivity index (χ1) is 12.5. The quantitative estimate of drug-likeness (QED) is 0.452. The number of carbonyl (C=O) groups excluding carboxylic acids is 2. The van der Waals surface area contributed by atoms with Crippen LogP contribution in [0, 0.1) is 25.2 Å². The van der Waals surface area contributed by atoms with E-state index < -0.39 is 17.8 Å². The van der Waals surface area contributed by atoms with Gasteiger partial charge in [-0.1, -0.05) is 11.8 Å². The van der Waals surface area contributed by atoms with E-state index in [9.17, 15) is 28.0 Å². The Hall–Kier alpha value is -2.45. The predicted octanol–water partition coefficient (Wildman–Crippen LogP) is 3.98. The number of Topliss-reactive ketones (excluding diaryl/α,β-unsaturated/α-hetero) is 1. The Kier molecular flexibility index (Phi) is 6.22. The third kappa shape index (κ3) is 5.05. The number of thiophene rings is 1. The molecule has 0 aliphatic carbocycles. The van der Waals surface area contributed by atoms with E-state index in [4.69, 9.17) is 0 Å². The van der Waals surface area contributed by atoms with Crippen molar-refractivity contribution in [1.82, 2.24) is 9.97 Å². The first-order valence-corrected chi connectivity index (χ1v) is 9.23. The molecule has 0 fully saturated rings. The SMILES string of the molecule is CC(=O)c1sc(NC(=O)CSc2nc(C)cc(C(F)(F)F)n2)c(C#N)c1C. The summed E-state index contributed by atoms with van der Waals surface area (Å²) in [6.45, 7) is 4.36. The number of ketones is 1. The van der Waals surface area contributed by atoms with Gasteiger partial charge in [0.15, 0.2) is 10.9 Å². The standard InChI is InChI=1S/C16H13F3N4O2S2/c1-7-4-11(16(17,18)19)22-15(21-7)26-6-12(25)23-14-10(5-20)8(2)13(27-14)9(3)24/h4H,6H2,1-3H3,(H,23,25). The number of nitrogens with one attached hydrogen (secondary N) is 1. The molecule has 1 amide bonds. The van der Waals surface area contributed by atoms with Crippen molar-refractivity contribution in [1.29, 1.82) is 5.26 Å². The zero-order valence-corrected chi connectivity index (χ0v) is 16.0. The van der Waals surface area contributed by atoms with Crippen molar-refractivity contribution in [3.05, 3.63) is 33.5 Å². The summed E-state index contributed by atoms with van der Waals surface area (Å²) >= 11 is 1.73. The maximum Gasteiger partial charge on any atom is 0.433 e. The van der Waals surface area contributed by atoms with Crippen molar-refractivity contribution >= 4 is 39.8 Å². The molecule has 2 heterocycles. The molecule has 0 aliphatic rings. The largest absolute Gasteiger partial charge is 0.433 e. The van der Waals surface area contributed by atoms with Crippen LogP contribution in [-0.4, -0.2) is 27.4 Å². The molecule has 0 saturated carbocycles. The highest BCUT2D eigenvalue weighted by atomic mass is 32.2. The lowest BCUT2D eigenvalue weighted by Gasteiger charge is -2.08. The van der Waals surface area contributed by atoms with Gasteiger partial charge in [-0.3, -0.25) is 9.59 Å². The van der Waals surface area contributed by atoms with Gasteiger partial charge < -0.3 is 5.32 Å². The Morgan fingerprint density at radius 2 is 2.00 bits per heavy atom. The van der Waals surface area contributed by atoms with Crippen molar-refractivity contribution in [2.75, 3.05) is 11.1 Å². The molecule has 0 radical (unpaired) electrons. The van der Waals surface area contributed by atoms with Gasteiger partial charge in [-0.15, -0.1) is 11.3 Å². The van der Waals surface area contributed by atoms with E-state index in [2.05, 4.69) is 15.3 Å². The zero-order chi connectivity index (χ0) is 20.4. The van der Waals surface area contributed by atoms with Gasteiger partial charge in [-0.2, -0.15) is 18.4 Å². The minimum atomic E-state index is -4.61. The number of thioether (sulfide) groups is 1. The van der Waals surface area contributed by atoms with Crippen molar-refractivity contribution < 1.29 is 22.8 Å². The lowest BCUT2D eigenvalue weighted by atomic mass is 10.1. The molecule has 2 aromatic rings. The maximum atomic E-state index is 12.8. The van der Waals surface area contributed by atoms with Crippen LogP contribution in [0.1, 0.15) is 39.1 Å². The van der Waals surface area contributed by atoms with Crippen LogP contribution in [-0.2, 0) is 11.0 Å². The number of nitriles is 1. The van der Waals surface area contributed by atoms with Crippen molar-refractivity contribution in [2.45, 2.75) is 32.1 Å². The zero-order valence-electron chi connectivity index (χ0n) is 14.4. The first-order valence-electron chi connectivity index (χ1n) is 7.43. The summed E-state index contributed by atoms with van der Waals surface area (Å²) < 4.78 is 38.4. The maximum absolute atomic E-state index is 12.8. The Morgan fingerprint density at radius 3 is 2.56 bits per heavy atom. The van der Waals surface area contributed by atoms with Gasteiger partial charge >= 0.3 is 6.18 Å². The van der Waals surface area contributed by atoms with E-state index in [0.717, 1.165) is 29.2 Å². The second-order valence-electron chi connectivity index (χ2n) is 5.44. The fourth-order valence-electron chi connectivity index (χ4n) is 2.12. The van der Waals surface area contributed by atoms with Gasteiger partial charge in [-0.05, 0) is 32.4 Å². The Morgan fingerprint density at radius 1 is 1.33 bits per heavy atom. The van der Waals surface area contributed by atoms with Crippen LogP contribution < -0.4 is 5.32 Å². The number of amides is 1. The fraction of sp³-hybridized carbons (Fsp3) is 0.312. The number of rotatable bonds is 5. The summed E-state index contributed by atoms with van der Waals surface area (Å²) in [5.74, 6) is -1.03. The molecule has 2 aromatic heterocycles. The number of anilines is 1. The summed E-state index contributed by atoms with van der Waals surface area (Å²) in [6.07, 6.45) is -4.61. The number of carbonyl (C=O) groups is 2. The van der Waals surface area contributed by atoms with E-state index in [-0.39, 0.29) is 33.0 Å². The third-order valence-electron chi connectivity index (χ3n) is 3.29. The molecule has 27 heavy (non-hydrogen) atoms. The number of halogens is 3. The fourth-order valence-corrected chi connectivity index (χ4v) is 3.89. The molecule has 0 bridgehead atoms. The Balaban J connectivity index is 2.12. The van der Waals surface area contributed by atoms with Crippen molar-refractivity contribution in [3.8, 4) is 6.07 Å². The summed E-state index contributed by atoms with van der Waals surface area (Å²) in [5, 5.41) is 11.8. The van der Waals surface area contributed by atoms with Crippen LogP contribution in [0.4, 0.5) is 18.2 Å². The van der Waals surface area contributed by atoms with Gasteiger partial charge in [0.25, 0.3) is 0 Å². The molecule has 11 heteroatoms. The molecule has 0 unspecified atom stereocenters. The van der Waals surface area contributed by atoms with Crippen molar-refractivity contribution in [2.24, 2.45) is 0 Å². The molecule has 0 atom stereocenters. The lowest BCUT2D eigenvalue weighted by molar-refractivity contribution is -0.141. The topological polar surface area (TPSA) is 95.7 Å².